The van der Waals surface area contributed by atoms with E-state index in [1.807, 2.05) is 0 Å². The van der Waals surface area contributed by atoms with Gasteiger partial charge in [0.2, 0.25) is 0 Å². The molecule has 29 heavy (non-hydrogen) atoms. The van der Waals surface area contributed by atoms with Crippen LogP contribution in [-0.4, -0.2) is 51.3 Å². The van der Waals surface area contributed by atoms with E-state index in [2.05, 4.69) is 68.3 Å². The van der Waals surface area contributed by atoms with E-state index in [1.54, 1.807) is 16.7 Å². The van der Waals surface area contributed by atoms with Gasteiger partial charge in [-0.25, -0.2) is 0 Å². The molecule has 1 aromatic rings. The predicted octanol–water partition coefficient (Wildman–Crippen LogP) is 6.87. The molecular formula is C27H52N2+2. The Morgan fingerprint density at radius 1 is 0.586 bits per heavy atom. The lowest BCUT2D eigenvalue weighted by molar-refractivity contribution is -0.887. The summed E-state index contributed by atoms with van der Waals surface area (Å²) in [5.74, 6) is 0. The third-order valence-corrected chi connectivity index (χ3v) is 5.83. The third-order valence-electron chi connectivity index (χ3n) is 5.83. The lowest BCUT2D eigenvalue weighted by Crippen LogP contribution is -2.37. The molecule has 1 rings (SSSR count). The van der Waals surface area contributed by atoms with E-state index >= 15 is 0 Å². The number of nitrogens with zero attached hydrogens (tertiary/aromatic N) is 2. The molecule has 168 valence electrons. The second-order valence-corrected chi connectivity index (χ2v) is 11.3. The molecule has 0 heterocycles. The highest BCUT2D eigenvalue weighted by Gasteiger charge is 2.22. The fraction of sp³-hybridized carbons (Fsp3) is 0.778. The number of benzene rings is 1. The molecule has 0 bridgehead atoms. The summed E-state index contributed by atoms with van der Waals surface area (Å²) < 4.78 is 1.99. The highest BCUT2D eigenvalue weighted by atomic mass is 15.3. The minimum atomic E-state index is 0.993. The lowest BCUT2D eigenvalue weighted by Gasteiger charge is -2.31. The molecule has 2 nitrogen and oxygen atoms in total. The minimum Gasteiger partial charge on any atom is -0.327 e. The van der Waals surface area contributed by atoms with Crippen molar-refractivity contribution in [3.8, 4) is 0 Å². The normalized spacial score (nSPS) is 12.6. The molecule has 0 radical (unpaired) electrons. The van der Waals surface area contributed by atoms with Crippen molar-refractivity contribution in [1.82, 2.24) is 0 Å². The molecule has 0 saturated heterocycles. The Balaban J connectivity index is 2.62. The Bertz CT molecular complexity index is 575. The SMILES string of the molecule is CCCCCCCCCCCCc1ccc(C)c(C[N+](C)(C)C)c1C[N+](C)(C)C. The maximum absolute atomic E-state index is 2.42. The third kappa shape index (κ3) is 11.8. The Morgan fingerprint density at radius 3 is 1.52 bits per heavy atom. The number of unbranched alkanes of at least 4 members (excludes halogenated alkanes) is 9. The Labute approximate surface area is 183 Å². The zero-order valence-electron chi connectivity index (χ0n) is 21.2. The van der Waals surface area contributed by atoms with Gasteiger partial charge in [-0.15, -0.1) is 0 Å². The number of rotatable bonds is 15. The molecule has 0 aromatic heterocycles. The van der Waals surface area contributed by atoms with Gasteiger partial charge in [-0.3, -0.25) is 0 Å². The summed E-state index contributed by atoms with van der Waals surface area (Å²) in [6.45, 7) is 6.84. The van der Waals surface area contributed by atoms with Crippen molar-refractivity contribution in [2.75, 3.05) is 42.3 Å². The van der Waals surface area contributed by atoms with Gasteiger partial charge in [0.15, 0.2) is 0 Å². The summed E-state index contributed by atoms with van der Waals surface area (Å²) in [7, 11) is 13.9. The number of hydrogen-bond donors (Lipinski definition) is 0. The smallest absolute Gasteiger partial charge is 0.105 e. The Morgan fingerprint density at radius 2 is 1.03 bits per heavy atom. The van der Waals surface area contributed by atoms with Gasteiger partial charge in [0.1, 0.15) is 13.1 Å². The van der Waals surface area contributed by atoms with Crippen molar-refractivity contribution in [2.45, 2.75) is 97.6 Å². The van der Waals surface area contributed by atoms with E-state index in [9.17, 15) is 0 Å². The van der Waals surface area contributed by atoms with Crippen molar-refractivity contribution < 1.29 is 8.97 Å². The first-order valence-corrected chi connectivity index (χ1v) is 12.2. The summed E-state index contributed by atoms with van der Waals surface area (Å²) in [5.41, 5.74) is 6.29. The molecule has 1 aromatic carbocycles. The molecule has 0 unspecified atom stereocenters. The summed E-state index contributed by atoms with van der Waals surface area (Å²) in [5, 5.41) is 0. The number of aryl methyl sites for hydroxylation is 2. The molecule has 0 spiro atoms. The molecule has 0 aliphatic carbocycles. The summed E-state index contributed by atoms with van der Waals surface area (Å²) in [6.07, 6.45) is 15.4. The molecule has 2 heteroatoms. The van der Waals surface area contributed by atoms with Gasteiger partial charge in [-0.1, -0.05) is 76.8 Å². The summed E-state index contributed by atoms with van der Waals surface area (Å²) >= 11 is 0. The van der Waals surface area contributed by atoms with Crippen LogP contribution in [-0.2, 0) is 19.5 Å². The summed E-state index contributed by atoms with van der Waals surface area (Å²) in [4.78, 5) is 0. The van der Waals surface area contributed by atoms with E-state index < -0.39 is 0 Å². The summed E-state index contributed by atoms with van der Waals surface area (Å²) in [6, 6.07) is 4.79. The largest absolute Gasteiger partial charge is 0.327 e. The maximum Gasteiger partial charge on any atom is 0.105 e. The highest BCUT2D eigenvalue weighted by molar-refractivity contribution is 5.40. The fourth-order valence-electron chi connectivity index (χ4n) is 4.26. The second kappa shape index (κ2) is 12.7. The Hall–Kier alpha value is -0.860. The van der Waals surface area contributed by atoms with Crippen LogP contribution in [0.5, 0.6) is 0 Å². The first-order chi connectivity index (χ1) is 13.5. The number of quaternary nitrogens is 2. The van der Waals surface area contributed by atoms with Crippen LogP contribution in [0.1, 0.15) is 93.4 Å². The maximum atomic E-state index is 2.42. The average molecular weight is 405 g/mol. The van der Waals surface area contributed by atoms with Gasteiger partial charge >= 0.3 is 0 Å². The van der Waals surface area contributed by atoms with Gasteiger partial charge in [0, 0.05) is 11.1 Å². The van der Waals surface area contributed by atoms with Crippen LogP contribution in [0.3, 0.4) is 0 Å². The molecule has 0 aliphatic rings. The quantitative estimate of drug-likeness (QED) is 0.221. The first kappa shape index (κ1) is 26.2. The first-order valence-electron chi connectivity index (χ1n) is 12.2. The predicted molar refractivity (Wildman–Crippen MR) is 130 cm³/mol. The van der Waals surface area contributed by atoms with Crippen molar-refractivity contribution in [3.05, 3.63) is 34.4 Å². The molecular weight excluding hydrogens is 352 g/mol. The van der Waals surface area contributed by atoms with Gasteiger partial charge < -0.3 is 8.97 Å². The van der Waals surface area contributed by atoms with Crippen molar-refractivity contribution in [3.63, 3.8) is 0 Å². The zero-order chi connectivity index (χ0) is 21.9. The lowest BCUT2D eigenvalue weighted by atomic mass is 9.92. The molecule has 0 saturated carbocycles. The van der Waals surface area contributed by atoms with Crippen LogP contribution in [0.15, 0.2) is 12.1 Å². The van der Waals surface area contributed by atoms with Gasteiger partial charge in [-0.2, -0.15) is 0 Å². The van der Waals surface area contributed by atoms with Crippen molar-refractivity contribution >= 4 is 0 Å². The topological polar surface area (TPSA) is 0 Å². The minimum absolute atomic E-state index is 0.993. The monoisotopic (exact) mass is 404 g/mol. The molecule has 0 N–H and O–H groups in total. The van der Waals surface area contributed by atoms with E-state index in [0.29, 0.717) is 0 Å². The zero-order valence-corrected chi connectivity index (χ0v) is 21.2. The van der Waals surface area contributed by atoms with Crippen LogP contribution >= 0.6 is 0 Å². The van der Waals surface area contributed by atoms with Crippen LogP contribution < -0.4 is 0 Å². The van der Waals surface area contributed by atoms with E-state index in [1.165, 1.54) is 76.2 Å². The highest BCUT2D eigenvalue weighted by Crippen LogP contribution is 2.26. The second-order valence-electron chi connectivity index (χ2n) is 11.3. The Kier molecular flexibility index (Phi) is 11.5. The molecule has 0 fully saturated rings. The van der Waals surface area contributed by atoms with E-state index in [-0.39, 0.29) is 0 Å². The molecule has 0 aliphatic heterocycles. The average Bonchev–Trinajstić information content (AvgIpc) is 2.59. The van der Waals surface area contributed by atoms with E-state index in [4.69, 9.17) is 0 Å². The number of hydrogen-bond acceptors (Lipinski definition) is 0. The van der Waals surface area contributed by atoms with Crippen LogP contribution in [0, 0.1) is 6.92 Å². The van der Waals surface area contributed by atoms with Crippen LogP contribution in [0.2, 0.25) is 0 Å². The van der Waals surface area contributed by atoms with Gasteiger partial charge in [-0.05, 0) is 30.9 Å². The fourth-order valence-corrected chi connectivity index (χ4v) is 4.26. The van der Waals surface area contributed by atoms with Crippen molar-refractivity contribution in [1.29, 1.82) is 0 Å². The van der Waals surface area contributed by atoms with E-state index in [0.717, 1.165) is 22.1 Å². The van der Waals surface area contributed by atoms with Crippen LogP contribution in [0.25, 0.3) is 0 Å². The standard InChI is InChI=1S/C27H52N2/c1-9-10-11-12-13-14-15-16-17-18-19-25-21-20-24(2)26(22-28(3,4)5)27(25)23-29(6,7)8/h20-21H,9-19,22-23H2,1-8H3/q+2. The van der Waals surface area contributed by atoms with Gasteiger partial charge in [0.05, 0.1) is 42.3 Å². The van der Waals surface area contributed by atoms with Crippen LogP contribution in [0.4, 0.5) is 0 Å². The molecule has 0 amide bonds. The van der Waals surface area contributed by atoms with Gasteiger partial charge in [0.25, 0.3) is 0 Å². The van der Waals surface area contributed by atoms with Crippen molar-refractivity contribution in [2.24, 2.45) is 0 Å². The molecule has 0 atom stereocenters.